The summed E-state index contributed by atoms with van der Waals surface area (Å²) in [5, 5.41) is 9.32. The van der Waals surface area contributed by atoms with E-state index in [-0.39, 0.29) is 11.8 Å². The molecule has 0 aromatic carbocycles. The number of carboxylic acid groups (broad SMARTS) is 1. The molecule has 0 aromatic rings. The lowest BCUT2D eigenvalue weighted by molar-refractivity contribution is -0.150. The summed E-state index contributed by atoms with van der Waals surface area (Å²) in [7, 11) is 0. The van der Waals surface area contributed by atoms with Crippen molar-refractivity contribution in [1.82, 2.24) is 4.90 Å². The zero-order valence-corrected chi connectivity index (χ0v) is 13.0. The number of amides is 1. The van der Waals surface area contributed by atoms with Crippen LogP contribution in [0.2, 0.25) is 0 Å². The maximum absolute atomic E-state index is 12.7. The van der Waals surface area contributed by atoms with Crippen LogP contribution in [0.4, 0.5) is 0 Å². The third-order valence-electron chi connectivity index (χ3n) is 4.92. The van der Waals surface area contributed by atoms with E-state index < -0.39 is 11.9 Å². The van der Waals surface area contributed by atoms with E-state index in [0.29, 0.717) is 12.8 Å². The van der Waals surface area contributed by atoms with E-state index in [0.717, 1.165) is 31.8 Å². The van der Waals surface area contributed by atoms with Gasteiger partial charge in [0.25, 0.3) is 0 Å². The van der Waals surface area contributed by atoms with Crippen LogP contribution in [0.3, 0.4) is 0 Å². The molecule has 118 valence electrons. The Morgan fingerprint density at radius 2 is 1.86 bits per heavy atom. The molecule has 3 atom stereocenters. The number of carboxylic acids is 1. The number of likely N-dealkylation sites (tertiary alicyclic amines) is 1. The fourth-order valence-electron chi connectivity index (χ4n) is 3.68. The van der Waals surface area contributed by atoms with Crippen molar-refractivity contribution in [2.75, 3.05) is 13.1 Å². The molecule has 2 rings (SSSR count). The van der Waals surface area contributed by atoms with Crippen LogP contribution in [0.1, 0.15) is 51.9 Å². The lowest BCUT2D eigenvalue weighted by Gasteiger charge is -2.30. The molecular weight excluding hydrogens is 266 g/mol. The molecule has 1 aliphatic carbocycles. The Kier molecular flexibility index (Phi) is 5.83. The van der Waals surface area contributed by atoms with Crippen LogP contribution in [-0.2, 0) is 9.59 Å². The summed E-state index contributed by atoms with van der Waals surface area (Å²) >= 11 is 0. The lowest BCUT2D eigenvalue weighted by atomic mass is 9.82. The summed E-state index contributed by atoms with van der Waals surface area (Å²) in [6.07, 6.45) is 10.7. The second-order valence-corrected chi connectivity index (χ2v) is 6.40. The van der Waals surface area contributed by atoms with Gasteiger partial charge in [0.15, 0.2) is 0 Å². The molecule has 0 spiro atoms. The van der Waals surface area contributed by atoms with Crippen molar-refractivity contribution in [3.63, 3.8) is 0 Å². The molecule has 1 fully saturated rings. The number of hydrogen-bond donors (Lipinski definition) is 1. The number of carbonyl (C=O) groups is 2. The number of nitrogens with zero attached hydrogens (tertiary/aromatic N) is 1. The maximum Gasteiger partial charge on any atom is 0.307 e. The van der Waals surface area contributed by atoms with Crippen molar-refractivity contribution < 1.29 is 14.7 Å². The van der Waals surface area contributed by atoms with E-state index in [2.05, 4.69) is 6.92 Å². The van der Waals surface area contributed by atoms with Crippen molar-refractivity contribution in [3.8, 4) is 0 Å². The molecule has 1 saturated heterocycles. The molecule has 1 N–H and O–H groups in total. The minimum absolute atomic E-state index is 0.0592. The molecule has 3 unspecified atom stereocenters. The largest absolute Gasteiger partial charge is 0.481 e. The lowest BCUT2D eigenvalue weighted by Crippen LogP contribution is -2.42. The van der Waals surface area contributed by atoms with Crippen LogP contribution in [-0.4, -0.2) is 35.0 Å². The van der Waals surface area contributed by atoms with Gasteiger partial charge in [0.2, 0.25) is 5.91 Å². The first-order valence-electron chi connectivity index (χ1n) is 8.30. The number of aliphatic carboxylic acids is 1. The highest BCUT2D eigenvalue weighted by Crippen LogP contribution is 2.29. The molecule has 0 aromatic heterocycles. The molecule has 2 aliphatic rings. The van der Waals surface area contributed by atoms with Gasteiger partial charge in [-0.25, -0.2) is 0 Å². The van der Waals surface area contributed by atoms with Crippen molar-refractivity contribution in [3.05, 3.63) is 12.2 Å². The van der Waals surface area contributed by atoms with E-state index in [1.54, 1.807) is 0 Å². The topological polar surface area (TPSA) is 57.6 Å². The van der Waals surface area contributed by atoms with Gasteiger partial charge in [-0.2, -0.15) is 0 Å². The van der Waals surface area contributed by atoms with Gasteiger partial charge in [-0.3, -0.25) is 9.59 Å². The van der Waals surface area contributed by atoms with Crippen LogP contribution in [0.5, 0.6) is 0 Å². The van der Waals surface area contributed by atoms with Gasteiger partial charge in [-0.15, -0.1) is 0 Å². The zero-order chi connectivity index (χ0) is 15.2. The predicted octanol–water partition coefficient (Wildman–Crippen LogP) is 3.08. The quantitative estimate of drug-likeness (QED) is 0.810. The Morgan fingerprint density at radius 3 is 2.52 bits per heavy atom. The van der Waals surface area contributed by atoms with E-state index in [9.17, 15) is 14.7 Å². The van der Waals surface area contributed by atoms with Crippen molar-refractivity contribution in [2.24, 2.45) is 17.8 Å². The Hall–Kier alpha value is -1.32. The smallest absolute Gasteiger partial charge is 0.307 e. The van der Waals surface area contributed by atoms with Gasteiger partial charge in [0.1, 0.15) is 0 Å². The average Bonchev–Trinajstić information content (AvgIpc) is 2.72. The average molecular weight is 293 g/mol. The van der Waals surface area contributed by atoms with Gasteiger partial charge < -0.3 is 10.0 Å². The standard InChI is InChI=1S/C17H27NO3/c1-2-6-13-7-5-11-18(12-10-13)16(19)14-8-3-4-9-15(14)17(20)21/h3-4,13-15H,2,5-12H2,1H3,(H,20,21). The first-order chi connectivity index (χ1) is 10.1. The number of rotatable bonds is 4. The molecule has 1 heterocycles. The van der Waals surface area contributed by atoms with E-state index in [4.69, 9.17) is 0 Å². The van der Waals surface area contributed by atoms with Crippen LogP contribution in [0, 0.1) is 17.8 Å². The van der Waals surface area contributed by atoms with Crippen molar-refractivity contribution in [2.45, 2.75) is 51.9 Å². The highest BCUT2D eigenvalue weighted by atomic mass is 16.4. The minimum atomic E-state index is -0.837. The van der Waals surface area contributed by atoms with Crippen molar-refractivity contribution in [1.29, 1.82) is 0 Å². The minimum Gasteiger partial charge on any atom is -0.481 e. The summed E-state index contributed by atoms with van der Waals surface area (Å²) in [4.78, 5) is 26.0. The maximum atomic E-state index is 12.7. The van der Waals surface area contributed by atoms with E-state index in [1.807, 2.05) is 17.1 Å². The van der Waals surface area contributed by atoms with E-state index >= 15 is 0 Å². The third-order valence-corrected chi connectivity index (χ3v) is 4.92. The third kappa shape index (κ3) is 4.08. The number of hydrogen-bond acceptors (Lipinski definition) is 2. The first kappa shape index (κ1) is 16.1. The van der Waals surface area contributed by atoms with E-state index in [1.165, 1.54) is 19.3 Å². The van der Waals surface area contributed by atoms with Gasteiger partial charge in [0, 0.05) is 13.1 Å². The monoisotopic (exact) mass is 293 g/mol. The van der Waals surface area contributed by atoms with Crippen LogP contribution in [0.15, 0.2) is 12.2 Å². The molecule has 4 nitrogen and oxygen atoms in total. The predicted molar refractivity (Wildman–Crippen MR) is 81.8 cm³/mol. The molecule has 1 amide bonds. The van der Waals surface area contributed by atoms with Crippen LogP contribution in [0.25, 0.3) is 0 Å². The fraction of sp³-hybridized carbons (Fsp3) is 0.765. The summed E-state index contributed by atoms with van der Waals surface area (Å²) in [5.74, 6) is -0.956. The Balaban J connectivity index is 1.98. The molecule has 4 heteroatoms. The van der Waals surface area contributed by atoms with Gasteiger partial charge in [-0.1, -0.05) is 31.9 Å². The van der Waals surface area contributed by atoms with Gasteiger partial charge >= 0.3 is 5.97 Å². The summed E-state index contributed by atoms with van der Waals surface area (Å²) in [5.41, 5.74) is 0. The Bertz CT molecular complexity index is 405. The second-order valence-electron chi connectivity index (χ2n) is 6.40. The summed E-state index contributed by atoms with van der Waals surface area (Å²) in [6, 6.07) is 0. The highest BCUT2D eigenvalue weighted by molar-refractivity contribution is 5.85. The second kappa shape index (κ2) is 7.62. The Morgan fingerprint density at radius 1 is 1.14 bits per heavy atom. The van der Waals surface area contributed by atoms with Gasteiger partial charge in [0.05, 0.1) is 11.8 Å². The fourth-order valence-corrected chi connectivity index (χ4v) is 3.68. The van der Waals surface area contributed by atoms with Gasteiger partial charge in [-0.05, 0) is 38.0 Å². The molecule has 21 heavy (non-hydrogen) atoms. The van der Waals surface area contributed by atoms with Crippen molar-refractivity contribution >= 4 is 11.9 Å². The van der Waals surface area contributed by atoms with Crippen LogP contribution < -0.4 is 0 Å². The summed E-state index contributed by atoms with van der Waals surface area (Å²) in [6.45, 7) is 3.81. The normalized spacial score (nSPS) is 30.0. The number of allylic oxidation sites excluding steroid dienone is 2. The molecular formula is C17H27NO3. The van der Waals surface area contributed by atoms with Crippen LogP contribution >= 0.6 is 0 Å². The molecule has 1 aliphatic heterocycles. The molecule has 0 radical (unpaired) electrons. The Labute approximate surface area is 127 Å². The first-order valence-corrected chi connectivity index (χ1v) is 8.30. The zero-order valence-electron chi connectivity index (χ0n) is 13.0. The highest BCUT2D eigenvalue weighted by Gasteiger charge is 2.36. The molecule has 0 bridgehead atoms. The number of carbonyl (C=O) groups excluding carboxylic acids is 1. The SMILES string of the molecule is CCCC1CCCN(C(=O)C2CC=CCC2C(=O)O)CC1. The molecule has 0 saturated carbocycles. The summed E-state index contributed by atoms with van der Waals surface area (Å²) < 4.78 is 0.